The van der Waals surface area contributed by atoms with Crippen molar-refractivity contribution in [1.82, 2.24) is 9.62 Å². The second-order valence-electron chi connectivity index (χ2n) is 6.47. The van der Waals surface area contributed by atoms with E-state index in [0.717, 1.165) is 6.07 Å². The summed E-state index contributed by atoms with van der Waals surface area (Å²) in [6.07, 6.45) is 0. The highest BCUT2D eigenvalue weighted by molar-refractivity contribution is 7.90. The van der Waals surface area contributed by atoms with E-state index in [1.165, 1.54) is 18.2 Å². The fourth-order valence-electron chi connectivity index (χ4n) is 3.31. The van der Waals surface area contributed by atoms with Gasteiger partial charge in [0.1, 0.15) is 41.5 Å². The van der Waals surface area contributed by atoms with E-state index in [1.807, 2.05) is 0 Å². The topological polar surface area (TPSA) is 129 Å². The molecule has 0 fully saturated rings. The van der Waals surface area contributed by atoms with Crippen LogP contribution >= 0.6 is 0 Å². The molecular formula is C18H12F2N4O5S. The molecule has 12 heteroatoms. The van der Waals surface area contributed by atoms with Gasteiger partial charge < -0.3 is 15.4 Å². The lowest BCUT2D eigenvalue weighted by Gasteiger charge is -2.29. The molecule has 154 valence electrons. The average Bonchev–Trinajstić information content (AvgIpc) is 3.07. The molecular weight excluding hydrogens is 422 g/mol. The lowest BCUT2D eigenvalue weighted by molar-refractivity contribution is -0.121. The van der Waals surface area contributed by atoms with Crippen LogP contribution in [0.15, 0.2) is 35.2 Å². The van der Waals surface area contributed by atoms with E-state index in [9.17, 15) is 32.0 Å². The van der Waals surface area contributed by atoms with Crippen LogP contribution in [0.2, 0.25) is 0 Å². The summed E-state index contributed by atoms with van der Waals surface area (Å²) in [6.45, 7) is -1.11. The van der Waals surface area contributed by atoms with Crippen LogP contribution < -0.4 is 15.4 Å². The first kappa shape index (κ1) is 19.6. The molecule has 2 aliphatic rings. The molecule has 1 atom stereocenters. The number of carbonyl (C=O) groups is 2. The van der Waals surface area contributed by atoms with Crippen LogP contribution in [0.1, 0.15) is 17.2 Å². The molecule has 2 aromatic rings. The van der Waals surface area contributed by atoms with Gasteiger partial charge in [0, 0.05) is 12.1 Å². The number of nitriles is 1. The van der Waals surface area contributed by atoms with Crippen LogP contribution in [0.25, 0.3) is 0 Å². The van der Waals surface area contributed by atoms with Gasteiger partial charge >= 0.3 is 6.03 Å². The summed E-state index contributed by atoms with van der Waals surface area (Å²) in [5, 5.41) is 13.9. The summed E-state index contributed by atoms with van der Waals surface area (Å²) in [5.74, 6) is -2.77. The first-order valence-corrected chi connectivity index (χ1v) is 9.94. The Morgan fingerprint density at radius 3 is 2.87 bits per heavy atom. The van der Waals surface area contributed by atoms with Gasteiger partial charge in [-0.15, -0.1) is 0 Å². The maximum Gasteiger partial charge on any atom is 0.336 e. The minimum absolute atomic E-state index is 0.0714. The van der Waals surface area contributed by atoms with Gasteiger partial charge in [-0.2, -0.15) is 5.26 Å². The number of carbonyl (C=O) groups excluding carboxylic acids is 2. The number of amides is 3. The van der Waals surface area contributed by atoms with Crippen molar-refractivity contribution in [2.45, 2.75) is 10.9 Å². The predicted molar refractivity (Wildman–Crippen MR) is 96.8 cm³/mol. The molecule has 0 spiro atoms. The molecule has 0 bridgehead atoms. The smallest absolute Gasteiger partial charge is 0.336 e. The molecule has 2 heterocycles. The number of nitrogens with one attached hydrogen (secondary N) is 2. The highest BCUT2D eigenvalue weighted by atomic mass is 32.2. The number of fused-ring (bicyclic) bond motifs is 2. The van der Waals surface area contributed by atoms with Gasteiger partial charge in [-0.05, 0) is 12.1 Å². The number of sulfonamides is 1. The van der Waals surface area contributed by atoms with Crippen molar-refractivity contribution in [1.29, 1.82) is 5.26 Å². The van der Waals surface area contributed by atoms with Crippen LogP contribution in [0.4, 0.5) is 19.3 Å². The first-order chi connectivity index (χ1) is 14.2. The largest absolute Gasteiger partial charge is 0.490 e. The van der Waals surface area contributed by atoms with Crippen molar-refractivity contribution in [3.63, 3.8) is 0 Å². The Hall–Kier alpha value is -3.72. The molecule has 2 N–H and O–H groups in total. The Morgan fingerprint density at radius 2 is 2.13 bits per heavy atom. The highest BCUT2D eigenvalue weighted by Gasteiger charge is 2.40. The van der Waals surface area contributed by atoms with Crippen molar-refractivity contribution >= 4 is 27.6 Å². The van der Waals surface area contributed by atoms with Gasteiger partial charge in [-0.3, -0.25) is 4.79 Å². The third-order valence-electron chi connectivity index (χ3n) is 4.58. The number of halogens is 2. The molecule has 0 unspecified atom stereocenters. The summed E-state index contributed by atoms with van der Waals surface area (Å²) in [6, 6.07) is 5.25. The molecule has 4 rings (SSSR count). The van der Waals surface area contributed by atoms with E-state index in [4.69, 9.17) is 4.74 Å². The zero-order valence-electron chi connectivity index (χ0n) is 15.0. The quantitative estimate of drug-likeness (QED) is 0.756. The van der Waals surface area contributed by atoms with Crippen LogP contribution in [-0.2, 0) is 14.8 Å². The van der Waals surface area contributed by atoms with Gasteiger partial charge in [-0.25, -0.2) is 26.3 Å². The normalized spacial score (nSPS) is 18.5. The number of ether oxygens (including phenoxy) is 1. The maximum atomic E-state index is 14.1. The van der Waals surface area contributed by atoms with E-state index in [-0.39, 0.29) is 33.5 Å². The van der Waals surface area contributed by atoms with E-state index in [1.54, 1.807) is 6.07 Å². The zero-order valence-corrected chi connectivity index (χ0v) is 15.8. The standard InChI is InChI=1S/C18H12F2N4O5S/c19-10-4-11(20)16-13(8-29-14(16)5-10)22-15(25)7-24-18(26)23-12-3-1-2-9(6-21)17(12)30(24,27)28/h1-5,13H,7-8H2,(H,22,25)(H,23,26)/t13-/m0/s1. The fourth-order valence-corrected chi connectivity index (χ4v) is 4.87. The van der Waals surface area contributed by atoms with Crippen molar-refractivity contribution in [3.8, 4) is 11.8 Å². The molecule has 0 aromatic heterocycles. The monoisotopic (exact) mass is 434 g/mol. The third-order valence-corrected chi connectivity index (χ3v) is 6.42. The van der Waals surface area contributed by atoms with Crippen molar-refractivity contribution in [2.75, 3.05) is 18.5 Å². The van der Waals surface area contributed by atoms with Crippen molar-refractivity contribution in [2.24, 2.45) is 0 Å². The Bertz CT molecular complexity index is 1240. The number of urea groups is 1. The molecule has 0 saturated heterocycles. The van der Waals surface area contributed by atoms with Gasteiger partial charge in [0.2, 0.25) is 5.91 Å². The summed E-state index contributed by atoms with van der Waals surface area (Å²) in [5.41, 5.74) is -0.342. The number of rotatable bonds is 3. The van der Waals surface area contributed by atoms with Crippen LogP contribution in [-0.4, -0.2) is 37.8 Å². The zero-order chi connectivity index (χ0) is 21.6. The number of benzene rings is 2. The number of anilines is 1. The molecule has 2 aromatic carbocycles. The van der Waals surface area contributed by atoms with Crippen LogP contribution in [0, 0.1) is 23.0 Å². The lowest BCUT2D eigenvalue weighted by Crippen LogP contribution is -2.49. The van der Waals surface area contributed by atoms with Gasteiger partial charge in [0.05, 0.1) is 22.9 Å². The summed E-state index contributed by atoms with van der Waals surface area (Å²) in [4.78, 5) is 24.3. The second kappa shape index (κ2) is 6.96. The number of nitrogens with zero attached hydrogens (tertiary/aromatic N) is 2. The molecule has 3 amide bonds. The Labute approximate surface area is 168 Å². The van der Waals surface area contributed by atoms with E-state index in [0.29, 0.717) is 6.07 Å². The number of hydrogen-bond acceptors (Lipinski definition) is 6. The van der Waals surface area contributed by atoms with Crippen LogP contribution in [0.3, 0.4) is 0 Å². The molecule has 9 nitrogen and oxygen atoms in total. The maximum absolute atomic E-state index is 14.1. The minimum Gasteiger partial charge on any atom is -0.490 e. The predicted octanol–water partition coefficient (Wildman–Crippen LogP) is 1.62. The second-order valence-corrected chi connectivity index (χ2v) is 8.27. The Morgan fingerprint density at radius 1 is 1.37 bits per heavy atom. The highest BCUT2D eigenvalue weighted by Crippen LogP contribution is 2.36. The van der Waals surface area contributed by atoms with E-state index >= 15 is 0 Å². The van der Waals surface area contributed by atoms with Gasteiger partial charge in [0.25, 0.3) is 10.0 Å². The van der Waals surface area contributed by atoms with Crippen molar-refractivity contribution in [3.05, 3.63) is 53.1 Å². The Kier molecular flexibility index (Phi) is 4.54. The molecule has 0 aliphatic carbocycles. The Balaban J connectivity index is 1.58. The van der Waals surface area contributed by atoms with E-state index in [2.05, 4.69) is 10.6 Å². The molecule has 30 heavy (non-hydrogen) atoms. The molecule has 2 aliphatic heterocycles. The van der Waals surface area contributed by atoms with Crippen LogP contribution in [0.5, 0.6) is 5.75 Å². The average molecular weight is 434 g/mol. The van der Waals surface area contributed by atoms with Gasteiger partial charge in [-0.1, -0.05) is 6.07 Å². The van der Waals surface area contributed by atoms with Crippen molar-refractivity contribution < 1.29 is 31.5 Å². The SMILES string of the molecule is N#Cc1cccc2c1S(=O)(=O)N(CC(=O)N[C@H]1COc3cc(F)cc(F)c31)C(=O)N2. The first-order valence-electron chi connectivity index (χ1n) is 8.50. The summed E-state index contributed by atoms with van der Waals surface area (Å²) >= 11 is 0. The fraction of sp³-hybridized carbons (Fsp3) is 0.167. The van der Waals surface area contributed by atoms with Gasteiger partial charge in [0.15, 0.2) is 0 Å². The minimum atomic E-state index is -4.49. The number of hydrogen-bond donors (Lipinski definition) is 2. The molecule has 0 radical (unpaired) electrons. The lowest BCUT2D eigenvalue weighted by atomic mass is 10.1. The third kappa shape index (κ3) is 3.09. The van der Waals surface area contributed by atoms with E-state index < -0.39 is 51.1 Å². The summed E-state index contributed by atoms with van der Waals surface area (Å²) in [7, 11) is -4.49. The summed E-state index contributed by atoms with van der Waals surface area (Å²) < 4.78 is 58.5. The molecule has 0 saturated carbocycles.